The molecule has 0 saturated heterocycles. The molecule has 326 valence electrons. The van der Waals surface area contributed by atoms with Gasteiger partial charge in [-0.1, -0.05) is 227 Å². The zero-order chi connectivity index (χ0) is 41.4. The SMILES string of the molecule is CC/C=C\C/C=C\C/C=C\C/C=C\C/C=C\C/C=C\C/C=C\CCCCCCCCCC(=O)NC(CO)C(O)/C=C/CCCCCCCCCCCCCCCC. The summed E-state index contributed by atoms with van der Waals surface area (Å²) in [6, 6.07) is -0.634. The summed E-state index contributed by atoms with van der Waals surface area (Å²) in [5.74, 6) is -0.0794. The van der Waals surface area contributed by atoms with E-state index in [-0.39, 0.29) is 12.5 Å². The van der Waals surface area contributed by atoms with Crippen LogP contribution in [-0.2, 0) is 4.79 Å². The maximum absolute atomic E-state index is 12.4. The second-order valence-corrected chi connectivity index (χ2v) is 15.8. The maximum Gasteiger partial charge on any atom is 0.220 e. The van der Waals surface area contributed by atoms with E-state index in [1.165, 1.54) is 109 Å². The van der Waals surface area contributed by atoms with Gasteiger partial charge in [0.15, 0.2) is 0 Å². The van der Waals surface area contributed by atoms with Crippen LogP contribution in [0.25, 0.3) is 0 Å². The van der Waals surface area contributed by atoms with Gasteiger partial charge in [-0.05, 0) is 77.0 Å². The molecule has 57 heavy (non-hydrogen) atoms. The van der Waals surface area contributed by atoms with Crippen LogP contribution in [0, 0.1) is 0 Å². The molecule has 0 aromatic heterocycles. The largest absolute Gasteiger partial charge is 0.394 e. The van der Waals surface area contributed by atoms with E-state index in [1.54, 1.807) is 6.08 Å². The lowest BCUT2D eigenvalue weighted by Gasteiger charge is -2.20. The van der Waals surface area contributed by atoms with Crippen LogP contribution in [0.5, 0.6) is 0 Å². The quantitative estimate of drug-likeness (QED) is 0.0426. The molecule has 0 spiro atoms. The normalized spacial score (nSPS) is 13.8. The van der Waals surface area contributed by atoms with Gasteiger partial charge in [0.2, 0.25) is 5.91 Å². The van der Waals surface area contributed by atoms with Gasteiger partial charge in [0.1, 0.15) is 0 Å². The standard InChI is InChI=1S/C53H91NO3/c1-3-5-7-9-11-13-15-17-19-21-22-23-24-25-26-27-28-29-30-31-32-33-35-37-39-41-43-45-47-49-53(57)54-51(50-55)52(56)48-46-44-42-40-38-36-34-20-18-16-14-12-10-8-6-4-2/h5,7,11,13,17,19,22-23,25-26,28-29,31-32,46,48,51-52,55-56H,3-4,6,8-10,12,14-16,18,20-21,24,27,30,33-45,47,49-50H2,1-2H3,(H,54,57)/b7-5-,13-11-,19-17-,23-22-,26-25-,29-28-,32-31-,48-46+. The molecule has 2 atom stereocenters. The molecule has 2 unspecified atom stereocenters. The Labute approximate surface area is 353 Å². The Hall–Kier alpha value is -2.69. The van der Waals surface area contributed by atoms with Crippen molar-refractivity contribution in [2.45, 2.75) is 225 Å². The second-order valence-electron chi connectivity index (χ2n) is 15.8. The average Bonchev–Trinajstić information content (AvgIpc) is 3.22. The number of hydrogen-bond donors (Lipinski definition) is 3. The number of carbonyl (C=O) groups excluding carboxylic acids is 1. The predicted molar refractivity (Wildman–Crippen MR) is 253 cm³/mol. The molecule has 0 radical (unpaired) electrons. The number of amides is 1. The highest BCUT2D eigenvalue weighted by Gasteiger charge is 2.17. The molecular weight excluding hydrogens is 699 g/mol. The highest BCUT2D eigenvalue weighted by Crippen LogP contribution is 2.14. The third kappa shape index (κ3) is 44.3. The zero-order valence-electron chi connectivity index (χ0n) is 37.3. The van der Waals surface area contributed by atoms with Crippen LogP contribution >= 0.6 is 0 Å². The van der Waals surface area contributed by atoms with Crippen molar-refractivity contribution in [2.24, 2.45) is 0 Å². The highest BCUT2D eigenvalue weighted by atomic mass is 16.3. The van der Waals surface area contributed by atoms with E-state index >= 15 is 0 Å². The summed E-state index contributed by atoms with van der Waals surface area (Å²) in [5.41, 5.74) is 0. The number of rotatable bonds is 42. The van der Waals surface area contributed by atoms with Gasteiger partial charge in [-0.3, -0.25) is 4.79 Å². The van der Waals surface area contributed by atoms with E-state index < -0.39 is 12.1 Å². The number of carbonyl (C=O) groups is 1. The predicted octanol–water partition coefficient (Wildman–Crippen LogP) is 15.4. The molecule has 0 aromatic carbocycles. The molecule has 0 saturated carbocycles. The Kier molecular flexibility index (Phi) is 45.4. The van der Waals surface area contributed by atoms with E-state index in [2.05, 4.69) is 104 Å². The number of aliphatic hydroxyl groups excluding tert-OH is 2. The summed E-state index contributed by atoms with van der Waals surface area (Å²) < 4.78 is 0. The minimum absolute atomic E-state index is 0.0794. The first kappa shape index (κ1) is 54.3. The van der Waals surface area contributed by atoms with Crippen molar-refractivity contribution >= 4 is 5.91 Å². The number of allylic oxidation sites excluding steroid dienone is 15. The summed E-state index contributed by atoms with van der Waals surface area (Å²) in [5, 5.41) is 23.1. The van der Waals surface area contributed by atoms with Crippen molar-refractivity contribution in [3.05, 3.63) is 97.2 Å². The van der Waals surface area contributed by atoms with Gasteiger partial charge in [-0.15, -0.1) is 0 Å². The molecule has 4 nitrogen and oxygen atoms in total. The molecule has 3 N–H and O–H groups in total. The molecule has 0 bridgehead atoms. The Morgan fingerprint density at radius 1 is 0.439 bits per heavy atom. The van der Waals surface area contributed by atoms with Crippen molar-refractivity contribution in [1.29, 1.82) is 0 Å². The first-order valence-electron chi connectivity index (χ1n) is 24.0. The van der Waals surface area contributed by atoms with Crippen LogP contribution in [0.1, 0.15) is 213 Å². The molecule has 0 aromatic rings. The minimum Gasteiger partial charge on any atom is -0.394 e. The second kappa shape index (κ2) is 47.7. The lowest BCUT2D eigenvalue weighted by molar-refractivity contribution is -0.123. The monoisotopic (exact) mass is 790 g/mol. The summed E-state index contributed by atoms with van der Waals surface area (Å²) in [4.78, 5) is 12.4. The average molecular weight is 790 g/mol. The molecule has 1 amide bonds. The fraction of sp³-hybridized carbons (Fsp3) is 0.679. The highest BCUT2D eigenvalue weighted by molar-refractivity contribution is 5.76. The fourth-order valence-corrected chi connectivity index (χ4v) is 6.69. The molecule has 0 fully saturated rings. The number of hydrogen-bond acceptors (Lipinski definition) is 3. The Bertz CT molecular complexity index is 1080. The Morgan fingerprint density at radius 2 is 0.772 bits per heavy atom. The van der Waals surface area contributed by atoms with Gasteiger partial charge < -0.3 is 15.5 Å². The van der Waals surface area contributed by atoms with E-state index in [0.717, 1.165) is 83.5 Å². The van der Waals surface area contributed by atoms with Gasteiger partial charge in [-0.25, -0.2) is 0 Å². The van der Waals surface area contributed by atoms with E-state index in [1.807, 2.05) is 6.08 Å². The van der Waals surface area contributed by atoms with Crippen LogP contribution in [0.2, 0.25) is 0 Å². The minimum atomic E-state index is -0.850. The first-order chi connectivity index (χ1) is 28.2. The number of unbranched alkanes of at least 4 members (excludes halogenated alkanes) is 21. The van der Waals surface area contributed by atoms with E-state index in [0.29, 0.717) is 6.42 Å². The summed E-state index contributed by atoms with van der Waals surface area (Å²) in [6.45, 7) is 4.18. The maximum atomic E-state index is 12.4. The van der Waals surface area contributed by atoms with Gasteiger partial charge in [0.25, 0.3) is 0 Å². The summed E-state index contributed by atoms with van der Waals surface area (Å²) in [7, 11) is 0. The van der Waals surface area contributed by atoms with Crippen LogP contribution in [0.3, 0.4) is 0 Å². The molecule has 0 aliphatic rings. The van der Waals surface area contributed by atoms with E-state index in [9.17, 15) is 15.0 Å². The summed E-state index contributed by atoms with van der Waals surface area (Å²) >= 11 is 0. The summed E-state index contributed by atoms with van der Waals surface area (Å²) in [6.07, 6.45) is 70.9. The van der Waals surface area contributed by atoms with Crippen molar-refractivity contribution in [2.75, 3.05) is 6.61 Å². The van der Waals surface area contributed by atoms with Crippen molar-refractivity contribution in [3.63, 3.8) is 0 Å². The number of aliphatic hydroxyl groups is 2. The molecular formula is C53H91NO3. The van der Waals surface area contributed by atoms with Gasteiger partial charge in [-0.2, -0.15) is 0 Å². The Balaban J connectivity index is 3.65. The van der Waals surface area contributed by atoms with E-state index in [4.69, 9.17) is 0 Å². The lowest BCUT2D eigenvalue weighted by Crippen LogP contribution is -2.45. The smallest absolute Gasteiger partial charge is 0.220 e. The van der Waals surface area contributed by atoms with Crippen molar-refractivity contribution in [1.82, 2.24) is 5.32 Å². The third-order valence-electron chi connectivity index (χ3n) is 10.3. The van der Waals surface area contributed by atoms with Crippen LogP contribution in [-0.4, -0.2) is 34.9 Å². The van der Waals surface area contributed by atoms with Gasteiger partial charge in [0, 0.05) is 6.42 Å². The molecule has 4 heteroatoms. The zero-order valence-corrected chi connectivity index (χ0v) is 37.3. The Morgan fingerprint density at radius 3 is 1.16 bits per heavy atom. The lowest BCUT2D eigenvalue weighted by atomic mass is 10.0. The molecule has 0 aliphatic carbocycles. The molecule has 0 heterocycles. The first-order valence-corrected chi connectivity index (χ1v) is 24.0. The molecule has 0 rings (SSSR count). The third-order valence-corrected chi connectivity index (χ3v) is 10.3. The topological polar surface area (TPSA) is 69.6 Å². The van der Waals surface area contributed by atoms with Crippen molar-refractivity contribution in [3.8, 4) is 0 Å². The number of nitrogens with one attached hydrogen (secondary N) is 1. The fourth-order valence-electron chi connectivity index (χ4n) is 6.69. The van der Waals surface area contributed by atoms with Crippen LogP contribution in [0.4, 0.5) is 0 Å². The molecule has 0 aliphatic heterocycles. The van der Waals surface area contributed by atoms with Gasteiger partial charge >= 0.3 is 0 Å². The van der Waals surface area contributed by atoms with Crippen LogP contribution in [0.15, 0.2) is 97.2 Å². The van der Waals surface area contributed by atoms with Crippen molar-refractivity contribution < 1.29 is 15.0 Å². The van der Waals surface area contributed by atoms with Gasteiger partial charge in [0.05, 0.1) is 18.8 Å². The van der Waals surface area contributed by atoms with Crippen LogP contribution < -0.4 is 5.32 Å².